The standard InChI is InChI=1S/C10H11IO2S/c1-8-2-4-9(5-3-8)14-10(12)13-7-6-11/h2-5H,6-7H2,1H3. The van der Waals surface area contributed by atoms with Crippen LogP contribution in [0, 0.1) is 6.92 Å². The number of benzene rings is 1. The van der Waals surface area contributed by atoms with Crippen molar-refractivity contribution in [2.45, 2.75) is 11.8 Å². The molecule has 0 aliphatic rings. The fourth-order valence-corrected chi connectivity index (χ4v) is 1.68. The summed E-state index contributed by atoms with van der Waals surface area (Å²) >= 11 is 3.30. The van der Waals surface area contributed by atoms with Gasteiger partial charge in [-0.3, -0.25) is 0 Å². The molecule has 76 valence electrons. The van der Waals surface area contributed by atoms with Crippen LogP contribution in [-0.2, 0) is 4.74 Å². The van der Waals surface area contributed by atoms with E-state index in [4.69, 9.17) is 4.74 Å². The third kappa shape index (κ3) is 4.32. The van der Waals surface area contributed by atoms with Gasteiger partial charge in [-0.15, -0.1) is 0 Å². The Morgan fingerprint density at radius 3 is 2.64 bits per heavy atom. The predicted octanol–water partition coefficient (Wildman–Crippen LogP) is 3.66. The average molecular weight is 322 g/mol. The van der Waals surface area contributed by atoms with E-state index >= 15 is 0 Å². The van der Waals surface area contributed by atoms with Crippen LogP contribution in [0.4, 0.5) is 4.79 Å². The second-order valence-electron chi connectivity index (χ2n) is 2.70. The first-order valence-corrected chi connectivity index (χ1v) is 6.54. The van der Waals surface area contributed by atoms with Crippen LogP contribution in [0.1, 0.15) is 5.56 Å². The number of aryl methyl sites for hydroxylation is 1. The number of thioether (sulfide) groups is 1. The molecule has 0 heterocycles. The summed E-state index contributed by atoms with van der Waals surface area (Å²) < 4.78 is 5.77. The van der Waals surface area contributed by atoms with Gasteiger partial charge in [-0.2, -0.15) is 0 Å². The summed E-state index contributed by atoms with van der Waals surface area (Å²) in [6.45, 7) is 2.50. The molecule has 14 heavy (non-hydrogen) atoms. The Kier molecular flexibility index (Phi) is 5.32. The summed E-state index contributed by atoms with van der Waals surface area (Å²) in [4.78, 5) is 12.1. The van der Waals surface area contributed by atoms with Gasteiger partial charge in [0.15, 0.2) is 0 Å². The van der Waals surface area contributed by atoms with Crippen LogP contribution in [0.2, 0.25) is 0 Å². The Morgan fingerprint density at radius 2 is 2.07 bits per heavy atom. The van der Waals surface area contributed by atoms with Crippen LogP contribution in [-0.4, -0.2) is 16.3 Å². The molecule has 0 bridgehead atoms. The molecular weight excluding hydrogens is 311 g/mol. The van der Waals surface area contributed by atoms with Gasteiger partial charge in [0.2, 0.25) is 0 Å². The van der Waals surface area contributed by atoms with E-state index in [9.17, 15) is 4.79 Å². The Bertz CT molecular complexity index is 297. The number of carbonyl (C=O) groups excluding carboxylic acids is 1. The zero-order valence-electron chi connectivity index (χ0n) is 7.83. The van der Waals surface area contributed by atoms with E-state index in [1.54, 1.807) is 0 Å². The van der Waals surface area contributed by atoms with E-state index in [1.165, 1.54) is 5.56 Å². The molecule has 4 heteroatoms. The number of carbonyl (C=O) groups is 1. The van der Waals surface area contributed by atoms with E-state index < -0.39 is 0 Å². The van der Waals surface area contributed by atoms with Gasteiger partial charge >= 0.3 is 5.30 Å². The number of rotatable bonds is 3. The number of hydrogen-bond acceptors (Lipinski definition) is 3. The zero-order valence-corrected chi connectivity index (χ0v) is 10.8. The van der Waals surface area contributed by atoms with E-state index in [1.807, 2.05) is 31.2 Å². The lowest BCUT2D eigenvalue weighted by Crippen LogP contribution is -1.99. The Morgan fingerprint density at radius 1 is 1.43 bits per heavy atom. The van der Waals surface area contributed by atoms with Crippen molar-refractivity contribution >= 4 is 39.7 Å². The maximum atomic E-state index is 11.2. The highest BCUT2D eigenvalue weighted by Crippen LogP contribution is 2.20. The molecule has 0 unspecified atom stereocenters. The number of alkyl halides is 1. The number of hydrogen-bond donors (Lipinski definition) is 0. The van der Waals surface area contributed by atoms with Crippen LogP contribution < -0.4 is 0 Å². The minimum Gasteiger partial charge on any atom is -0.457 e. The summed E-state index contributed by atoms with van der Waals surface area (Å²) in [5.74, 6) is 0. The smallest absolute Gasteiger partial charge is 0.372 e. The van der Waals surface area contributed by atoms with Crippen LogP contribution >= 0.6 is 34.4 Å². The molecule has 1 aromatic rings. The van der Waals surface area contributed by atoms with Crippen LogP contribution in [0.3, 0.4) is 0 Å². The topological polar surface area (TPSA) is 26.3 Å². The summed E-state index contributed by atoms with van der Waals surface area (Å²) in [6.07, 6.45) is 0. The van der Waals surface area contributed by atoms with Gasteiger partial charge in [-0.05, 0) is 30.8 Å². The molecule has 0 saturated heterocycles. The third-order valence-electron chi connectivity index (χ3n) is 1.52. The van der Waals surface area contributed by atoms with Crippen LogP contribution in [0.15, 0.2) is 29.2 Å². The molecule has 0 aromatic heterocycles. The summed E-state index contributed by atoms with van der Waals surface area (Å²) in [7, 11) is 0. The van der Waals surface area contributed by atoms with Crippen molar-refractivity contribution in [2.24, 2.45) is 0 Å². The predicted molar refractivity (Wildman–Crippen MR) is 67.3 cm³/mol. The van der Waals surface area contributed by atoms with Gasteiger partial charge in [-0.1, -0.05) is 40.3 Å². The first-order valence-electron chi connectivity index (χ1n) is 4.19. The Balaban J connectivity index is 2.44. The quantitative estimate of drug-likeness (QED) is 0.368. The van der Waals surface area contributed by atoms with Gasteiger partial charge < -0.3 is 4.74 Å². The van der Waals surface area contributed by atoms with Crippen molar-refractivity contribution in [2.75, 3.05) is 11.0 Å². The molecule has 0 amide bonds. The maximum Gasteiger partial charge on any atom is 0.372 e. The molecule has 0 saturated carbocycles. The molecule has 0 radical (unpaired) electrons. The fourth-order valence-electron chi connectivity index (χ4n) is 0.854. The first-order chi connectivity index (χ1) is 6.72. The van der Waals surface area contributed by atoms with Crippen molar-refractivity contribution in [3.8, 4) is 0 Å². The Hall–Kier alpha value is -0.230. The summed E-state index contributed by atoms with van der Waals surface area (Å²) in [6, 6.07) is 7.80. The molecular formula is C10H11IO2S. The van der Waals surface area contributed by atoms with Crippen molar-refractivity contribution < 1.29 is 9.53 Å². The van der Waals surface area contributed by atoms with E-state index in [-0.39, 0.29) is 5.30 Å². The highest BCUT2D eigenvalue weighted by Gasteiger charge is 2.04. The lowest BCUT2D eigenvalue weighted by atomic mass is 10.2. The summed E-state index contributed by atoms with van der Waals surface area (Å²) in [5.41, 5.74) is 1.19. The molecule has 0 fully saturated rings. The van der Waals surface area contributed by atoms with E-state index in [0.29, 0.717) is 6.61 Å². The molecule has 1 aromatic carbocycles. The number of halogens is 1. The SMILES string of the molecule is Cc1ccc(SC(=O)OCCI)cc1. The van der Waals surface area contributed by atoms with Gasteiger partial charge in [-0.25, -0.2) is 4.79 Å². The molecule has 2 nitrogen and oxygen atoms in total. The van der Waals surface area contributed by atoms with E-state index in [0.717, 1.165) is 21.1 Å². The van der Waals surface area contributed by atoms with Crippen LogP contribution in [0.5, 0.6) is 0 Å². The van der Waals surface area contributed by atoms with Gasteiger partial charge in [0.05, 0.1) is 0 Å². The fraction of sp³-hybridized carbons (Fsp3) is 0.300. The molecule has 0 aliphatic heterocycles. The minimum absolute atomic E-state index is 0.231. The largest absolute Gasteiger partial charge is 0.457 e. The van der Waals surface area contributed by atoms with E-state index in [2.05, 4.69) is 22.6 Å². The summed E-state index contributed by atoms with van der Waals surface area (Å²) in [5, 5.41) is -0.231. The maximum absolute atomic E-state index is 11.2. The minimum atomic E-state index is -0.231. The second-order valence-corrected chi connectivity index (χ2v) is 4.79. The Labute approximate surface area is 102 Å². The number of ether oxygens (including phenoxy) is 1. The van der Waals surface area contributed by atoms with Crippen molar-refractivity contribution in [3.63, 3.8) is 0 Å². The lowest BCUT2D eigenvalue weighted by Gasteiger charge is -2.01. The highest BCUT2D eigenvalue weighted by molar-refractivity contribution is 14.1. The molecule has 0 atom stereocenters. The lowest BCUT2D eigenvalue weighted by molar-refractivity contribution is 0.183. The third-order valence-corrected chi connectivity index (χ3v) is 2.75. The van der Waals surface area contributed by atoms with Crippen molar-refractivity contribution in [1.82, 2.24) is 0 Å². The highest BCUT2D eigenvalue weighted by atomic mass is 127. The average Bonchev–Trinajstić information content (AvgIpc) is 2.18. The second kappa shape index (κ2) is 6.29. The van der Waals surface area contributed by atoms with Crippen molar-refractivity contribution in [1.29, 1.82) is 0 Å². The molecule has 0 aliphatic carbocycles. The van der Waals surface area contributed by atoms with Gasteiger partial charge in [0, 0.05) is 9.32 Å². The monoisotopic (exact) mass is 322 g/mol. The molecule has 0 N–H and O–H groups in total. The molecule has 1 rings (SSSR count). The van der Waals surface area contributed by atoms with Gasteiger partial charge in [0.25, 0.3) is 0 Å². The molecule has 0 spiro atoms. The van der Waals surface area contributed by atoms with Crippen molar-refractivity contribution in [3.05, 3.63) is 29.8 Å². The first kappa shape index (κ1) is 11.8. The zero-order chi connectivity index (χ0) is 10.4. The normalized spacial score (nSPS) is 9.86. The van der Waals surface area contributed by atoms with Gasteiger partial charge in [0.1, 0.15) is 6.61 Å². The van der Waals surface area contributed by atoms with Crippen LogP contribution in [0.25, 0.3) is 0 Å².